The first-order valence-electron chi connectivity index (χ1n) is 9.06. The van der Waals surface area contributed by atoms with Crippen LogP contribution in [0.15, 0.2) is 31.6 Å². The van der Waals surface area contributed by atoms with Crippen LogP contribution < -0.4 is 0 Å². The Labute approximate surface area is 175 Å². The molecule has 0 spiro atoms. The molecule has 0 atom stereocenters. The first-order valence-corrected chi connectivity index (χ1v) is 27.2. The summed E-state index contributed by atoms with van der Waals surface area (Å²) in [7, 11) is -10.1. The Bertz CT molecular complexity index is 826. The fourth-order valence-electron chi connectivity index (χ4n) is 3.87. The van der Waals surface area contributed by atoms with Gasteiger partial charge in [0.25, 0.3) is 0 Å². The van der Waals surface area contributed by atoms with Crippen LogP contribution in [0.4, 0.5) is 0 Å². The summed E-state index contributed by atoms with van der Waals surface area (Å²) in [6, 6.07) is 0. The van der Waals surface area contributed by atoms with Gasteiger partial charge in [-0.1, -0.05) is 0 Å². The number of hydrogen-bond acceptors (Lipinski definition) is 7. The topological polar surface area (TPSA) is 86.5 Å². The molecular weight excluding hydrogens is 483 g/mol. The minimum absolute atomic E-state index is 1.32. The summed E-state index contributed by atoms with van der Waals surface area (Å²) in [6.45, 7) is 30.5. The predicted molar refractivity (Wildman–Crippen MR) is 148 cm³/mol. The molecule has 28 heavy (non-hydrogen) atoms. The minimum Gasteiger partial charge on any atom is -0.242 e. The van der Waals surface area contributed by atoms with Crippen LogP contribution in [0.2, 0.25) is 0 Å². The van der Waals surface area contributed by atoms with Gasteiger partial charge < -0.3 is 0 Å². The van der Waals surface area contributed by atoms with Gasteiger partial charge in [0, 0.05) is 0 Å². The third-order valence-corrected chi connectivity index (χ3v) is 27.6. The molecule has 2 aliphatic heterocycles. The first kappa shape index (κ1) is 27.6. The molecule has 14 heteroatoms. The maximum Gasteiger partial charge on any atom is 0.0750 e. The molecule has 7 nitrogen and oxygen atoms in total. The Balaban J connectivity index is 0.000000292. The summed E-state index contributed by atoms with van der Waals surface area (Å²) in [5.41, 5.74) is 0. The lowest BCUT2D eigenvalue weighted by molar-refractivity contribution is 1.61. The lowest BCUT2D eigenvalue weighted by Crippen LogP contribution is -1.82. The van der Waals surface area contributed by atoms with Crippen molar-refractivity contribution in [3.63, 3.8) is 0 Å². The zero-order chi connectivity index (χ0) is 22.4. The predicted octanol–water partition coefficient (Wildman–Crippen LogP) is 9.63. The minimum atomic E-state index is -1.53. The second-order valence-corrected chi connectivity index (χ2v) is 33.7. The van der Waals surface area contributed by atoms with E-state index in [2.05, 4.69) is 93.3 Å². The maximum absolute atomic E-state index is 4.98. The highest BCUT2D eigenvalue weighted by molar-refractivity contribution is 7.86. The van der Waals surface area contributed by atoms with Gasteiger partial charge in [0.1, 0.15) is 0 Å². The van der Waals surface area contributed by atoms with Gasteiger partial charge in [0.15, 0.2) is 0 Å². The van der Waals surface area contributed by atoms with Crippen molar-refractivity contribution < 1.29 is 0 Å². The Hall–Kier alpha value is 1.61. The average Bonchev–Trinajstić information content (AvgIpc) is 2.10. The van der Waals surface area contributed by atoms with Crippen LogP contribution in [0.1, 0.15) is 0 Å². The van der Waals surface area contributed by atoms with E-state index in [1.807, 2.05) is 0 Å². The highest BCUT2D eigenvalue weighted by atomic mass is 31.3. The van der Waals surface area contributed by atoms with Gasteiger partial charge in [-0.2, -0.15) is 0 Å². The number of nitrogens with zero attached hydrogens (tertiary/aromatic N) is 7. The molecule has 0 N–H and O–H groups in total. The Morgan fingerprint density at radius 3 is 0.357 bits per heavy atom. The van der Waals surface area contributed by atoms with Crippen LogP contribution in [-0.4, -0.2) is 93.3 Å². The largest absolute Gasteiger partial charge is 0.242 e. The Morgan fingerprint density at radius 2 is 0.286 bits per heavy atom. The maximum atomic E-state index is 4.98. The van der Waals surface area contributed by atoms with Crippen LogP contribution >= 0.6 is 50.4 Å². The molecule has 168 valence electrons. The van der Waals surface area contributed by atoms with E-state index in [1.54, 1.807) is 0 Å². The number of rotatable bonds is 0. The first-order chi connectivity index (χ1) is 11.9. The van der Waals surface area contributed by atoms with E-state index in [-0.39, 0.29) is 0 Å². The second-order valence-electron chi connectivity index (χ2n) is 9.98. The van der Waals surface area contributed by atoms with Crippen LogP contribution in [0.3, 0.4) is 0 Å². The number of hydrogen-bond donors (Lipinski definition) is 0. The molecule has 2 heterocycles. The molecule has 0 aromatic rings. The Kier molecular flexibility index (Phi) is 8.41. The summed E-state index contributed by atoms with van der Waals surface area (Å²) in [4.78, 5) is 0. The quantitative estimate of drug-likeness (QED) is 0.282. The van der Waals surface area contributed by atoms with Crippen molar-refractivity contribution in [1.29, 1.82) is 0 Å². The third-order valence-electron chi connectivity index (χ3n) is 3.06. The van der Waals surface area contributed by atoms with E-state index < -0.39 is 50.4 Å². The van der Waals surface area contributed by atoms with Crippen LogP contribution in [0, 0.1) is 0 Å². The highest BCUT2D eigenvalue weighted by Gasteiger charge is 2.21. The zero-order valence-electron chi connectivity index (χ0n) is 20.3. The average molecular weight is 525 g/mol. The molecular formula is C14H42N7P7. The fourth-order valence-corrected chi connectivity index (χ4v) is 37.1. The highest BCUT2D eigenvalue weighted by Crippen LogP contribution is 2.72. The van der Waals surface area contributed by atoms with Gasteiger partial charge in [-0.05, 0) is 93.3 Å². The SMILES string of the molecule is CP1(C)=NP(C)(C)=NP(C)(C)=N1.CP1(C)=NP(C)(C)=NP(C)(C)=NP(C)(C)=N1. The molecule has 0 fully saturated rings. The van der Waals surface area contributed by atoms with Crippen molar-refractivity contribution in [2.24, 2.45) is 31.6 Å². The normalized spacial score (nSPS) is 29.5. The van der Waals surface area contributed by atoms with Gasteiger partial charge in [-0.3, -0.25) is 0 Å². The van der Waals surface area contributed by atoms with E-state index >= 15 is 0 Å². The molecule has 2 rings (SSSR count). The summed E-state index contributed by atoms with van der Waals surface area (Å²) in [5, 5.41) is 0. The standard InChI is InChI=1S/C8H24N4P4.C6H18N3P3/c1-13(2)9-14(3,4)11-16(7,8)12-15(5,6)10-13;1-10(2)7-11(3,4)9-12(5,6)8-10/h1-8H3;1-6H3. The molecule has 0 saturated carbocycles. The van der Waals surface area contributed by atoms with Crippen molar-refractivity contribution in [2.75, 3.05) is 93.3 Å². The van der Waals surface area contributed by atoms with Gasteiger partial charge in [0.05, 0.1) is 50.4 Å². The third kappa shape index (κ3) is 10.3. The van der Waals surface area contributed by atoms with Crippen molar-refractivity contribution in [3.05, 3.63) is 0 Å². The summed E-state index contributed by atoms with van der Waals surface area (Å²) in [5.74, 6) is 0. The van der Waals surface area contributed by atoms with Crippen molar-refractivity contribution in [3.8, 4) is 0 Å². The summed E-state index contributed by atoms with van der Waals surface area (Å²) < 4.78 is 34.2. The molecule has 0 saturated heterocycles. The Morgan fingerprint density at radius 1 is 0.214 bits per heavy atom. The van der Waals surface area contributed by atoms with Crippen LogP contribution in [0.25, 0.3) is 0 Å². The monoisotopic (exact) mass is 525 g/mol. The van der Waals surface area contributed by atoms with E-state index in [4.69, 9.17) is 31.6 Å². The van der Waals surface area contributed by atoms with E-state index in [0.29, 0.717) is 0 Å². The fraction of sp³-hybridized carbons (Fsp3) is 1.00. The van der Waals surface area contributed by atoms with Gasteiger partial charge >= 0.3 is 0 Å². The van der Waals surface area contributed by atoms with Crippen LogP contribution in [-0.2, 0) is 0 Å². The molecule has 0 aromatic carbocycles. The van der Waals surface area contributed by atoms with Crippen LogP contribution in [0.5, 0.6) is 0 Å². The molecule has 0 aromatic heterocycles. The lowest BCUT2D eigenvalue weighted by atomic mass is 11.9. The van der Waals surface area contributed by atoms with E-state index in [0.717, 1.165) is 0 Å². The van der Waals surface area contributed by atoms with Gasteiger partial charge in [-0.25, -0.2) is 31.6 Å². The van der Waals surface area contributed by atoms with E-state index in [1.165, 1.54) is 0 Å². The molecule has 0 bridgehead atoms. The van der Waals surface area contributed by atoms with Crippen molar-refractivity contribution >= 4 is 50.4 Å². The molecule has 0 unspecified atom stereocenters. The second kappa shape index (κ2) is 8.51. The van der Waals surface area contributed by atoms with Gasteiger partial charge in [0.2, 0.25) is 0 Å². The molecule has 0 radical (unpaired) electrons. The smallest absolute Gasteiger partial charge is 0.0750 e. The van der Waals surface area contributed by atoms with Gasteiger partial charge in [-0.15, -0.1) is 0 Å². The summed E-state index contributed by atoms with van der Waals surface area (Å²) >= 11 is 0. The molecule has 0 amide bonds. The summed E-state index contributed by atoms with van der Waals surface area (Å²) in [6.07, 6.45) is 0. The zero-order valence-corrected chi connectivity index (χ0v) is 26.5. The molecule has 2 aliphatic rings. The molecule has 0 aliphatic carbocycles. The van der Waals surface area contributed by atoms with Crippen molar-refractivity contribution in [2.45, 2.75) is 0 Å². The van der Waals surface area contributed by atoms with E-state index in [9.17, 15) is 0 Å². The van der Waals surface area contributed by atoms with Crippen molar-refractivity contribution in [1.82, 2.24) is 0 Å². The lowest BCUT2D eigenvalue weighted by Gasteiger charge is -2.26.